The maximum Gasteiger partial charge on any atom is 0.410 e. The standard InChI is InChI=1S/C42H42FN7O7/c1-23(2)36(48-41(53)55-3)40(52)49-15-8-12-33(49)39-45-20-30(46-39)26-19-35-28(18-29(26)43)37(51)27-17-25(13-14-34(27)57-35)38-44-21-31(47-38)32-11-7-16-50(32)42(54)56-22-24-9-5-4-6-10-24/h4-6,9-10,13-14,17-21,23,32-33,36H,7-8,11-12,15-16,22H2,1-3H3,(H,44,47)(H,45,46)(H,48,53)/t32-,33-,36-/m0/s1. The third-order valence-electron chi connectivity index (χ3n) is 10.8. The van der Waals surface area contributed by atoms with E-state index >= 15 is 4.39 Å². The fourth-order valence-electron chi connectivity index (χ4n) is 7.83. The van der Waals surface area contributed by atoms with Gasteiger partial charge in [-0.05, 0) is 67.5 Å². The number of benzene rings is 3. The number of carbonyl (C=O) groups is 3. The molecular weight excluding hydrogens is 734 g/mol. The Hall–Kier alpha value is -6.51. The van der Waals surface area contributed by atoms with Crippen LogP contribution in [0.1, 0.15) is 68.7 Å². The first-order chi connectivity index (χ1) is 27.6. The van der Waals surface area contributed by atoms with E-state index in [2.05, 4.69) is 25.3 Å². The smallest absolute Gasteiger partial charge is 0.410 e. The molecule has 6 aromatic rings. The zero-order chi connectivity index (χ0) is 39.8. The molecule has 2 aliphatic rings. The third-order valence-corrected chi connectivity index (χ3v) is 10.8. The Morgan fingerprint density at radius 3 is 2.46 bits per heavy atom. The molecule has 2 fully saturated rings. The Labute approximate surface area is 326 Å². The number of likely N-dealkylation sites (tertiary alicyclic amines) is 2. The second kappa shape index (κ2) is 15.6. The number of halogens is 1. The quantitative estimate of drug-likeness (QED) is 0.127. The lowest BCUT2D eigenvalue weighted by molar-refractivity contribution is -0.135. The second-order valence-corrected chi connectivity index (χ2v) is 14.8. The van der Waals surface area contributed by atoms with Gasteiger partial charge in [0.05, 0.1) is 53.7 Å². The minimum Gasteiger partial charge on any atom is -0.456 e. The van der Waals surface area contributed by atoms with Gasteiger partial charge in [-0.2, -0.15) is 0 Å². The zero-order valence-electron chi connectivity index (χ0n) is 31.7. The number of hydrogen-bond donors (Lipinski definition) is 3. The Bertz CT molecular complexity index is 2530. The van der Waals surface area contributed by atoms with E-state index in [1.54, 1.807) is 34.2 Å². The third kappa shape index (κ3) is 7.32. The Balaban J connectivity index is 1.02. The molecule has 2 aliphatic heterocycles. The number of aromatic nitrogens is 4. The van der Waals surface area contributed by atoms with Crippen LogP contribution in [0.15, 0.2) is 82.3 Å². The van der Waals surface area contributed by atoms with Gasteiger partial charge in [0.15, 0.2) is 0 Å². The van der Waals surface area contributed by atoms with E-state index in [0.29, 0.717) is 48.0 Å². The number of methoxy groups -OCH3 is 1. The summed E-state index contributed by atoms with van der Waals surface area (Å²) < 4.78 is 32.3. The van der Waals surface area contributed by atoms with E-state index in [1.807, 2.05) is 44.2 Å². The molecular formula is C42H42FN7O7. The fraction of sp³-hybridized carbons (Fsp3) is 0.333. The molecule has 57 heavy (non-hydrogen) atoms. The SMILES string of the molecule is COC(=O)N[C@H](C(=O)N1CCC[C@H]1c1ncc(-c2cc3oc4ccc(-c5ncc([C@@H]6CCCN6C(=O)OCc6ccccc6)[nH]5)cc4c(=O)c3cc2F)[nH]1)C(C)C. The molecule has 3 atom stereocenters. The first kappa shape index (κ1) is 37.4. The topological polar surface area (TPSA) is 176 Å². The molecule has 3 N–H and O–H groups in total. The van der Waals surface area contributed by atoms with Gasteiger partial charge in [-0.25, -0.2) is 23.9 Å². The summed E-state index contributed by atoms with van der Waals surface area (Å²) in [6.45, 7) is 4.90. The van der Waals surface area contributed by atoms with Gasteiger partial charge < -0.3 is 34.1 Å². The lowest BCUT2D eigenvalue weighted by Crippen LogP contribution is -2.51. The van der Waals surface area contributed by atoms with Gasteiger partial charge >= 0.3 is 12.2 Å². The van der Waals surface area contributed by atoms with E-state index in [-0.39, 0.29) is 46.4 Å². The number of rotatable bonds is 9. The number of amides is 3. The van der Waals surface area contributed by atoms with Crippen molar-refractivity contribution >= 4 is 40.0 Å². The predicted octanol–water partition coefficient (Wildman–Crippen LogP) is 7.38. The molecule has 15 heteroatoms. The largest absolute Gasteiger partial charge is 0.456 e. The fourth-order valence-corrected chi connectivity index (χ4v) is 7.83. The molecule has 0 saturated carbocycles. The summed E-state index contributed by atoms with van der Waals surface area (Å²) in [5, 5.41) is 2.96. The van der Waals surface area contributed by atoms with Crippen molar-refractivity contribution in [1.82, 2.24) is 35.1 Å². The summed E-state index contributed by atoms with van der Waals surface area (Å²) in [6.07, 6.45) is 5.03. The van der Waals surface area contributed by atoms with Crippen molar-refractivity contribution in [2.24, 2.45) is 5.92 Å². The van der Waals surface area contributed by atoms with Crippen LogP contribution in [-0.2, 0) is 20.9 Å². The van der Waals surface area contributed by atoms with Crippen molar-refractivity contribution in [3.05, 3.63) is 106 Å². The minimum absolute atomic E-state index is 0.0711. The van der Waals surface area contributed by atoms with Crippen LogP contribution in [0, 0.1) is 11.7 Å². The van der Waals surface area contributed by atoms with Crippen LogP contribution in [-0.4, -0.2) is 74.1 Å². The molecule has 3 aromatic heterocycles. The van der Waals surface area contributed by atoms with Gasteiger partial charge in [0, 0.05) is 24.2 Å². The molecule has 0 aliphatic carbocycles. The van der Waals surface area contributed by atoms with Gasteiger partial charge in [0.25, 0.3) is 0 Å². The van der Waals surface area contributed by atoms with Crippen LogP contribution in [0.2, 0.25) is 0 Å². The average Bonchev–Trinajstić information content (AvgIpc) is 4.06. The molecule has 0 bridgehead atoms. The summed E-state index contributed by atoms with van der Waals surface area (Å²) in [6, 6.07) is 15.8. The number of nitrogens with zero attached hydrogens (tertiary/aromatic N) is 4. The number of nitrogens with one attached hydrogen (secondary N) is 3. The van der Waals surface area contributed by atoms with Crippen molar-refractivity contribution in [2.75, 3.05) is 20.2 Å². The monoisotopic (exact) mass is 775 g/mol. The highest BCUT2D eigenvalue weighted by Crippen LogP contribution is 2.36. The lowest BCUT2D eigenvalue weighted by atomic mass is 10.0. The molecule has 8 rings (SSSR count). The Morgan fingerprint density at radius 2 is 1.68 bits per heavy atom. The van der Waals surface area contributed by atoms with Crippen LogP contribution in [0.25, 0.3) is 44.6 Å². The number of alkyl carbamates (subject to hydrolysis) is 1. The van der Waals surface area contributed by atoms with Gasteiger partial charge in [-0.1, -0.05) is 44.2 Å². The average molecular weight is 776 g/mol. The van der Waals surface area contributed by atoms with Gasteiger partial charge in [-0.15, -0.1) is 0 Å². The number of ether oxygens (including phenoxy) is 2. The highest BCUT2D eigenvalue weighted by atomic mass is 19.1. The Morgan fingerprint density at radius 1 is 0.930 bits per heavy atom. The first-order valence-corrected chi connectivity index (χ1v) is 19.0. The van der Waals surface area contributed by atoms with E-state index in [0.717, 1.165) is 36.6 Å². The minimum atomic E-state index is -0.790. The summed E-state index contributed by atoms with van der Waals surface area (Å²) >= 11 is 0. The van der Waals surface area contributed by atoms with Crippen LogP contribution in [0.3, 0.4) is 0 Å². The van der Waals surface area contributed by atoms with Crippen molar-refractivity contribution < 1.29 is 32.7 Å². The molecule has 2 saturated heterocycles. The second-order valence-electron chi connectivity index (χ2n) is 14.8. The Kier molecular flexibility index (Phi) is 10.2. The van der Waals surface area contributed by atoms with Crippen molar-refractivity contribution in [3.8, 4) is 22.6 Å². The van der Waals surface area contributed by atoms with E-state index in [4.69, 9.17) is 13.9 Å². The molecule has 294 valence electrons. The van der Waals surface area contributed by atoms with Crippen molar-refractivity contribution in [1.29, 1.82) is 0 Å². The highest BCUT2D eigenvalue weighted by molar-refractivity contribution is 5.93. The number of H-pyrrole nitrogens is 2. The van der Waals surface area contributed by atoms with Crippen molar-refractivity contribution in [3.63, 3.8) is 0 Å². The lowest BCUT2D eigenvalue weighted by Gasteiger charge is -2.30. The van der Waals surface area contributed by atoms with Crippen LogP contribution in [0.4, 0.5) is 14.0 Å². The number of fused-ring (bicyclic) bond motifs is 2. The summed E-state index contributed by atoms with van der Waals surface area (Å²) in [4.78, 5) is 71.4. The van der Waals surface area contributed by atoms with Crippen molar-refractivity contribution in [2.45, 2.75) is 64.3 Å². The van der Waals surface area contributed by atoms with Gasteiger partial charge in [0.1, 0.15) is 41.3 Å². The molecule has 0 unspecified atom stereocenters. The van der Waals surface area contributed by atoms with Crippen LogP contribution in [0.5, 0.6) is 0 Å². The first-order valence-electron chi connectivity index (χ1n) is 19.0. The number of imidazole rings is 2. The number of aromatic amines is 2. The molecule has 14 nitrogen and oxygen atoms in total. The van der Waals surface area contributed by atoms with Crippen LogP contribution >= 0.6 is 0 Å². The van der Waals surface area contributed by atoms with E-state index in [1.165, 1.54) is 19.4 Å². The van der Waals surface area contributed by atoms with E-state index in [9.17, 15) is 19.2 Å². The number of carbonyl (C=O) groups excluding carboxylic acids is 3. The summed E-state index contributed by atoms with van der Waals surface area (Å²) in [5.41, 5.74) is 2.89. The number of hydrogen-bond acceptors (Lipinski definition) is 9. The molecule has 0 radical (unpaired) electrons. The highest BCUT2D eigenvalue weighted by Gasteiger charge is 2.38. The molecule has 3 amide bonds. The summed E-state index contributed by atoms with van der Waals surface area (Å²) in [5.74, 6) is -0.109. The zero-order valence-corrected chi connectivity index (χ0v) is 31.7. The van der Waals surface area contributed by atoms with E-state index < -0.39 is 35.5 Å². The summed E-state index contributed by atoms with van der Waals surface area (Å²) in [7, 11) is 1.24. The van der Waals surface area contributed by atoms with Gasteiger partial charge in [-0.3, -0.25) is 14.5 Å². The maximum atomic E-state index is 15.8. The maximum absolute atomic E-state index is 15.8. The molecule has 3 aromatic carbocycles. The normalized spacial score (nSPS) is 17.4. The molecule has 5 heterocycles. The van der Waals surface area contributed by atoms with Gasteiger partial charge in [0.2, 0.25) is 11.3 Å². The molecule has 0 spiro atoms. The predicted molar refractivity (Wildman–Crippen MR) is 208 cm³/mol. The van der Waals surface area contributed by atoms with Crippen LogP contribution < -0.4 is 10.7 Å².